The molecule has 0 bridgehead atoms. The zero-order valence-electron chi connectivity index (χ0n) is 14.1. The first-order valence-electron chi connectivity index (χ1n) is 7.85. The van der Waals surface area contributed by atoms with E-state index in [1.165, 1.54) is 43.3 Å². The highest BCUT2D eigenvalue weighted by atomic mass is 19.4. The fraction of sp³-hybridized carbons (Fsp3) is 0.222. The maximum atomic E-state index is 13.9. The molecule has 0 radical (unpaired) electrons. The Morgan fingerprint density at radius 2 is 1.59 bits per heavy atom. The van der Waals surface area contributed by atoms with Crippen LogP contribution in [-0.4, -0.2) is 30.3 Å². The van der Waals surface area contributed by atoms with Crippen LogP contribution in [0.1, 0.15) is 17.3 Å². The van der Waals surface area contributed by atoms with Gasteiger partial charge in [0.2, 0.25) is 0 Å². The molecule has 0 saturated heterocycles. The second-order valence-corrected chi connectivity index (χ2v) is 5.39. The third kappa shape index (κ3) is 4.36. The van der Waals surface area contributed by atoms with Crippen molar-refractivity contribution in [3.63, 3.8) is 0 Å². The summed E-state index contributed by atoms with van der Waals surface area (Å²) < 4.78 is 60.2. The van der Waals surface area contributed by atoms with Gasteiger partial charge in [-0.1, -0.05) is 30.3 Å². The summed E-state index contributed by atoms with van der Waals surface area (Å²) in [6, 6.07) is 11.4. The number of nitrogens with one attached hydrogen (secondary N) is 2. The Bertz CT molecular complexity index is 812. The van der Waals surface area contributed by atoms with Crippen molar-refractivity contribution < 1.29 is 31.9 Å². The normalized spacial score (nSPS) is 13.4. The van der Waals surface area contributed by atoms with Crippen molar-refractivity contribution in [2.45, 2.75) is 18.8 Å². The highest BCUT2D eigenvalue weighted by Crippen LogP contribution is 2.33. The molecule has 0 heterocycles. The highest BCUT2D eigenvalue weighted by Gasteiger charge is 2.63. The van der Waals surface area contributed by atoms with Crippen LogP contribution in [0.15, 0.2) is 54.6 Å². The van der Waals surface area contributed by atoms with E-state index in [0.717, 1.165) is 12.1 Å². The number of anilines is 1. The summed E-state index contributed by atoms with van der Waals surface area (Å²) in [5.74, 6) is -4.23. The Morgan fingerprint density at radius 3 is 2.15 bits per heavy atom. The Morgan fingerprint density at radius 1 is 1.00 bits per heavy atom. The van der Waals surface area contributed by atoms with Gasteiger partial charge in [0.1, 0.15) is 5.82 Å². The number of halogens is 4. The minimum atomic E-state index is -5.30. The molecule has 144 valence electrons. The van der Waals surface area contributed by atoms with Crippen LogP contribution in [-0.2, 0) is 9.53 Å². The van der Waals surface area contributed by atoms with Crippen LogP contribution in [0.25, 0.3) is 0 Å². The molecule has 0 aliphatic carbocycles. The van der Waals surface area contributed by atoms with Gasteiger partial charge in [0.05, 0.1) is 12.2 Å². The number of esters is 1. The number of hydrogen-bond donors (Lipinski definition) is 2. The van der Waals surface area contributed by atoms with E-state index in [2.05, 4.69) is 4.74 Å². The Hall–Kier alpha value is -3.10. The topological polar surface area (TPSA) is 67.4 Å². The smallest absolute Gasteiger partial charge is 0.441 e. The standard InChI is InChI=1S/C18H16F4N2O3/c1-2-27-16(26)17(18(20,21)22,23-12-8-4-3-5-9-12)24-15(25)13-10-6-7-11-14(13)19/h3-11,23H,2H2,1H3,(H,24,25)/t17-/m1/s1. The van der Waals surface area contributed by atoms with Gasteiger partial charge < -0.3 is 15.4 Å². The number of para-hydroxylation sites is 1. The van der Waals surface area contributed by atoms with E-state index in [0.29, 0.717) is 0 Å². The zero-order valence-corrected chi connectivity index (χ0v) is 14.1. The number of rotatable bonds is 6. The molecule has 0 unspecified atom stereocenters. The molecule has 0 aliphatic heterocycles. The highest BCUT2D eigenvalue weighted by molar-refractivity contribution is 5.99. The fourth-order valence-electron chi connectivity index (χ4n) is 2.25. The first-order valence-corrected chi connectivity index (χ1v) is 7.85. The molecule has 5 nitrogen and oxygen atoms in total. The number of benzene rings is 2. The minimum Gasteiger partial charge on any atom is -0.463 e. The molecular weight excluding hydrogens is 368 g/mol. The number of carbonyl (C=O) groups is 2. The summed E-state index contributed by atoms with van der Waals surface area (Å²) in [5.41, 5.74) is -4.36. The summed E-state index contributed by atoms with van der Waals surface area (Å²) in [7, 11) is 0. The summed E-state index contributed by atoms with van der Waals surface area (Å²) >= 11 is 0. The van der Waals surface area contributed by atoms with E-state index in [1.807, 2.05) is 5.32 Å². The molecule has 0 spiro atoms. The van der Waals surface area contributed by atoms with Crippen LogP contribution in [0.3, 0.4) is 0 Å². The molecule has 0 aromatic heterocycles. The van der Waals surface area contributed by atoms with Crippen LogP contribution < -0.4 is 10.6 Å². The van der Waals surface area contributed by atoms with Crippen molar-refractivity contribution in [2.24, 2.45) is 0 Å². The van der Waals surface area contributed by atoms with Crippen molar-refractivity contribution >= 4 is 17.6 Å². The van der Waals surface area contributed by atoms with Gasteiger partial charge in [-0.05, 0) is 31.2 Å². The molecular formula is C18H16F4N2O3. The van der Waals surface area contributed by atoms with Gasteiger partial charge in [-0.25, -0.2) is 9.18 Å². The van der Waals surface area contributed by atoms with Gasteiger partial charge in [-0.3, -0.25) is 4.79 Å². The third-order valence-corrected chi connectivity index (χ3v) is 3.53. The van der Waals surface area contributed by atoms with E-state index >= 15 is 0 Å². The predicted molar refractivity (Wildman–Crippen MR) is 89.3 cm³/mol. The van der Waals surface area contributed by atoms with Crippen LogP contribution in [0.4, 0.5) is 23.2 Å². The van der Waals surface area contributed by atoms with Crippen LogP contribution in [0, 0.1) is 5.82 Å². The van der Waals surface area contributed by atoms with E-state index in [4.69, 9.17) is 0 Å². The molecule has 0 saturated carbocycles. The molecule has 1 atom stereocenters. The number of amides is 1. The molecule has 27 heavy (non-hydrogen) atoms. The average molecular weight is 384 g/mol. The number of alkyl halides is 3. The van der Waals surface area contributed by atoms with Crippen molar-refractivity contribution in [2.75, 3.05) is 11.9 Å². The van der Waals surface area contributed by atoms with Gasteiger partial charge in [-0.2, -0.15) is 13.2 Å². The average Bonchev–Trinajstić information content (AvgIpc) is 2.61. The molecule has 2 N–H and O–H groups in total. The largest absolute Gasteiger partial charge is 0.463 e. The van der Waals surface area contributed by atoms with Crippen LogP contribution in [0.5, 0.6) is 0 Å². The second-order valence-electron chi connectivity index (χ2n) is 5.39. The lowest BCUT2D eigenvalue weighted by molar-refractivity contribution is -0.204. The van der Waals surface area contributed by atoms with Crippen LogP contribution >= 0.6 is 0 Å². The van der Waals surface area contributed by atoms with Gasteiger partial charge in [-0.15, -0.1) is 0 Å². The lowest BCUT2D eigenvalue weighted by Gasteiger charge is -2.35. The van der Waals surface area contributed by atoms with E-state index < -0.39 is 35.1 Å². The van der Waals surface area contributed by atoms with Crippen LogP contribution in [0.2, 0.25) is 0 Å². The molecule has 1 amide bonds. The van der Waals surface area contributed by atoms with Gasteiger partial charge in [0.15, 0.2) is 0 Å². The lowest BCUT2D eigenvalue weighted by atomic mass is 10.1. The Kier molecular flexibility index (Phi) is 6.04. The predicted octanol–water partition coefficient (Wildman–Crippen LogP) is 3.49. The zero-order chi connectivity index (χ0) is 20.1. The molecule has 0 fully saturated rings. The summed E-state index contributed by atoms with van der Waals surface area (Å²) in [6.07, 6.45) is -5.30. The number of hydrogen-bond acceptors (Lipinski definition) is 4. The molecule has 2 aromatic carbocycles. The summed E-state index contributed by atoms with van der Waals surface area (Å²) in [5, 5.41) is 3.55. The second kappa shape index (κ2) is 8.07. The van der Waals surface area contributed by atoms with Gasteiger partial charge >= 0.3 is 17.8 Å². The van der Waals surface area contributed by atoms with Crippen molar-refractivity contribution in [1.82, 2.24) is 5.32 Å². The SMILES string of the molecule is CCOC(=O)[C@](NC(=O)c1ccccc1F)(Nc1ccccc1)C(F)(F)F. The van der Waals surface area contributed by atoms with E-state index in [-0.39, 0.29) is 12.3 Å². The molecule has 0 aliphatic rings. The monoisotopic (exact) mass is 384 g/mol. The maximum Gasteiger partial charge on any atom is 0.441 e. The van der Waals surface area contributed by atoms with Gasteiger partial charge in [0.25, 0.3) is 5.91 Å². The molecule has 9 heteroatoms. The van der Waals surface area contributed by atoms with E-state index in [9.17, 15) is 27.2 Å². The van der Waals surface area contributed by atoms with Gasteiger partial charge in [0, 0.05) is 5.69 Å². The molecule has 2 rings (SSSR count). The summed E-state index contributed by atoms with van der Waals surface area (Å²) in [6.45, 7) is 0.961. The van der Waals surface area contributed by atoms with Crippen molar-refractivity contribution in [3.8, 4) is 0 Å². The van der Waals surface area contributed by atoms with E-state index in [1.54, 1.807) is 11.4 Å². The number of carbonyl (C=O) groups excluding carboxylic acids is 2. The minimum absolute atomic E-state index is 0.100. The van der Waals surface area contributed by atoms with Crippen molar-refractivity contribution in [3.05, 3.63) is 66.0 Å². The number of ether oxygens (including phenoxy) is 1. The van der Waals surface area contributed by atoms with Crippen molar-refractivity contribution in [1.29, 1.82) is 0 Å². The Balaban J connectivity index is 2.51. The summed E-state index contributed by atoms with van der Waals surface area (Å²) in [4.78, 5) is 24.6. The molecule has 2 aromatic rings. The quantitative estimate of drug-likeness (QED) is 0.455. The Labute approximate surface area is 152 Å². The lowest BCUT2D eigenvalue weighted by Crippen LogP contribution is -2.69. The first kappa shape index (κ1) is 20.2. The fourth-order valence-corrected chi connectivity index (χ4v) is 2.25. The maximum absolute atomic E-state index is 13.9. The third-order valence-electron chi connectivity index (χ3n) is 3.53. The first-order chi connectivity index (χ1) is 12.7.